The van der Waals surface area contributed by atoms with E-state index in [0.29, 0.717) is 5.65 Å². The van der Waals surface area contributed by atoms with Gasteiger partial charge in [-0.3, -0.25) is 4.98 Å². The van der Waals surface area contributed by atoms with Crippen LogP contribution in [0.5, 0.6) is 0 Å². The Labute approximate surface area is 168 Å². The third-order valence-electron chi connectivity index (χ3n) is 4.71. The van der Waals surface area contributed by atoms with Crippen LogP contribution >= 0.6 is 0 Å². The first-order chi connectivity index (χ1) is 13.7. The third-order valence-corrected chi connectivity index (χ3v) is 5.62. The number of nitrogens with zero attached hydrogens (tertiary/aromatic N) is 4. The van der Waals surface area contributed by atoms with Crippen molar-refractivity contribution in [2.45, 2.75) is 24.7 Å². The Morgan fingerprint density at radius 2 is 1.76 bits per heavy atom. The van der Waals surface area contributed by atoms with Gasteiger partial charge in [-0.1, -0.05) is 19.9 Å². The molecule has 8 nitrogen and oxygen atoms in total. The van der Waals surface area contributed by atoms with Crippen molar-refractivity contribution in [3.8, 4) is 22.3 Å². The average Bonchev–Trinajstić information content (AvgIpc) is 3.06. The maximum Gasteiger partial charge on any atom is 0.240 e. The Bertz CT molecular complexity index is 1330. The van der Waals surface area contributed by atoms with Gasteiger partial charge in [-0.2, -0.15) is 4.98 Å². The van der Waals surface area contributed by atoms with Crippen molar-refractivity contribution in [3.63, 3.8) is 0 Å². The molecule has 0 saturated carbocycles. The number of primary sulfonamides is 1. The van der Waals surface area contributed by atoms with Crippen LogP contribution in [0.15, 0.2) is 59.9 Å². The minimum Gasteiger partial charge on any atom is -0.366 e. The van der Waals surface area contributed by atoms with Crippen LogP contribution in [0.25, 0.3) is 27.9 Å². The van der Waals surface area contributed by atoms with Gasteiger partial charge in [-0.25, -0.2) is 18.1 Å². The van der Waals surface area contributed by atoms with Gasteiger partial charge in [0.25, 0.3) is 0 Å². The van der Waals surface area contributed by atoms with Gasteiger partial charge in [0.05, 0.1) is 4.90 Å². The summed E-state index contributed by atoms with van der Waals surface area (Å²) in [4.78, 5) is 8.56. The highest BCUT2D eigenvalue weighted by atomic mass is 32.2. The molecule has 0 atom stereocenters. The Hall–Kier alpha value is -3.30. The van der Waals surface area contributed by atoms with Crippen LogP contribution in [0.2, 0.25) is 0 Å². The van der Waals surface area contributed by atoms with Gasteiger partial charge in [-0.15, -0.1) is 5.10 Å². The average molecular weight is 408 g/mol. The molecule has 0 bridgehead atoms. The van der Waals surface area contributed by atoms with E-state index in [9.17, 15) is 8.42 Å². The van der Waals surface area contributed by atoms with Crippen LogP contribution in [0, 0.1) is 0 Å². The molecule has 4 N–H and O–H groups in total. The summed E-state index contributed by atoms with van der Waals surface area (Å²) < 4.78 is 25.3. The SMILES string of the molecule is CC(C)c1ccc(S(N)(=O)=O)cc1-c1cncc(-c2ccc3nc(N)nn3c2)c1. The quantitative estimate of drug-likeness (QED) is 0.534. The van der Waals surface area contributed by atoms with Crippen molar-refractivity contribution in [2.75, 3.05) is 5.73 Å². The molecule has 4 aromatic rings. The number of sulfonamides is 1. The molecule has 0 radical (unpaired) electrons. The second kappa shape index (κ2) is 6.94. The number of fused-ring (bicyclic) bond motifs is 1. The summed E-state index contributed by atoms with van der Waals surface area (Å²) in [5, 5.41) is 9.47. The first kappa shape index (κ1) is 19.0. The highest BCUT2D eigenvalue weighted by molar-refractivity contribution is 7.89. The number of aromatic nitrogens is 4. The van der Waals surface area contributed by atoms with Crippen molar-refractivity contribution in [3.05, 3.63) is 60.6 Å². The van der Waals surface area contributed by atoms with Crippen molar-refractivity contribution in [1.82, 2.24) is 19.6 Å². The molecule has 0 aliphatic carbocycles. The van der Waals surface area contributed by atoms with Crippen LogP contribution in [-0.4, -0.2) is 28.0 Å². The van der Waals surface area contributed by atoms with E-state index in [-0.39, 0.29) is 16.8 Å². The lowest BCUT2D eigenvalue weighted by Crippen LogP contribution is -2.12. The fraction of sp³-hybridized carbons (Fsp3) is 0.150. The van der Waals surface area contributed by atoms with E-state index < -0.39 is 10.0 Å². The van der Waals surface area contributed by atoms with Crippen molar-refractivity contribution in [2.24, 2.45) is 5.14 Å². The zero-order chi connectivity index (χ0) is 20.8. The summed E-state index contributed by atoms with van der Waals surface area (Å²) in [6, 6.07) is 10.6. The van der Waals surface area contributed by atoms with Gasteiger partial charge in [0.15, 0.2) is 5.65 Å². The predicted octanol–water partition coefficient (Wildman–Crippen LogP) is 2.81. The van der Waals surface area contributed by atoms with Crippen LogP contribution in [0.1, 0.15) is 25.3 Å². The molecular formula is C20H20N6O2S. The summed E-state index contributed by atoms with van der Waals surface area (Å²) in [5.41, 5.74) is 10.6. The monoisotopic (exact) mass is 408 g/mol. The zero-order valence-corrected chi connectivity index (χ0v) is 16.8. The molecule has 0 aliphatic heterocycles. The Balaban J connectivity index is 1.86. The Morgan fingerprint density at radius 3 is 2.48 bits per heavy atom. The Kier molecular flexibility index (Phi) is 4.56. The molecule has 29 heavy (non-hydrogen) atoms. The third kappa shape index (κ3) is 3.69. The Morgan fingerprint density at radius 1 is 1.00 bits per heavy atom. The summed E-state index contributed by atoms with van der Waals surface area (Å²) in [6.07, 6.45) is 5.27. The van der Waals surface area contributed by atoms with Crippen LogP contribution in [-0.2, 0) is 10.0 Å². The highest BCUT2D eigenvalue weighted by Crippen LogP contribution is 2.33. The first-order valence-corrected chi connectivity index (χ1v) is 10.5. The number of anilines is 1. The van der Waals surface area contributed by atoms with E-state index in [1.807, 2.05) is 24.4 Å². The number of nitrogens with two attached hydrogens (primary N) is 2. The molecule has 0 amide bonds. The van der Waals surface area contributed by atoms with Gasteiger partial charge in [0, 0.05) is 35.3 Å². The van der Waals surface area contributed by atoms with Gasteiger partial charge < -0.3 is 5.73 Å². The van der Waals surface area contributed by atoms with Crippen molar-refractivity contribution < 1.29 is 8.42 Å². The minimum absolute atomic E-state index is 0.0711. The maximum absolute atomic E-state index is 11.8. The minimum atomic E-state index is -3.81. The lowest BCUT2D eigenvalue weighted by molar-refractivity contribution is 0.597. The van der Waals surface area contributed by atoms with Gasteiger partial charge in [-0.05, 0) is 47.4 Å². The molecule has 3 aromatic heterocycles. The van der Waals surface area contributed by atoms with Gasteiger partial charge in [0.1, 0.15) is 0 Å². The number of rotatable bonds is 4. The number of pyridine rings is 2. The molecule has 1 aromatic carbocycles. The number of nitrogen functional groups attached to an aromatic ring is 1. The normalized spacial score (nSPS) is 12.0. The lowest BCUT2D eigenvalue weighted by Gasteiger charge is -2.15. The lowest BCUT2D eigenvalue weighted by atomic mass is 9.92. The second-order valence-corrected chi connectivity index (χ2v) is 8.66. The topological polar surface area (TPSA) is 129 Å². The highest BCUT2D eigenvalue weighted by Gasteiger charge is 2.15. The van der Waals surface area contributed by atoms with E-state index in [1.165, 1.54) is 6.07 Å². The van der Waals surface area contributed by atoms with E-state index in [1.54, 1.807) is 29.0 Å². The fourth-order valence-electron chi connectivity index (χ4n) is 3.28. The number of benzene rings is 1. The predicted molar refractivity (Wildman–Crippen MR) is 112 cm³/mol. The van der Waals surface area contributed by atoms with Crippen LogP contribution in [0.4, 0.5) is 5.95 Å². The molecule has 9 heteroatoms. The molecule has 0 aliphatic rings. The van der Waals surface area contributed by atoms with E-state index >= 15 is 0 Å². The van der Waals surface area contributed by atoms with E-state index in [2.05, 4.69) is 28.9 Å². The van der Waals surface area contributed by atoms with E-state index in [0.717, 1.165) is 27.8 Å². The molecule has 0 saturated heterocycles. The molecule has 4 rings (SSSR count). The summed E-state index contributed by atoms with van der Waals surface area (Å²) in [7, 11) is -3.81. The van der Waals surface area contributed by atoms with Crippen molar-refractivity contribution >= 4 is 21.6 Å². The molecule has 148 valence electrons. The molecule has 0 spiro atoms. The maximum atomic E-state index is 11.8. The second-order valence-electron chi connectivity index (χ2n) is 7.10. The van der Waals surface area contributed by atoms with Crippen LogP contribution in [0.3, 0.4) is 0 Å². The van der Waals surface area contributed by atoms with E-state index in [4.69, 9.17) is 10.9 Å². The first-order valence-electron chi connectivity index (χ1n) is 8.97. The largest absolute Gasteiger partial charge is 0.366 e. The zero-order valence-electron chi connectivity index (χ0n) is 15.9. The fourth-order valence-corrected chi connectivity index (χ4v) is 3.82. The smallest absolute Gasteiger partial charge is 0.240 e. The summed E-state index contributed by atoms with van der Waals surface area (Å²) in [6.45, 7) is 4.10. The van der Waals surface area contributed by atoms with Crippen molar-refractivity contribution in [1.29, 1.82) is 0 Å². The van der Waals surface area contributed by atoms with Gasteiger partial charge in [0.2, 0.25) is 16.0 Å². The molecule has 3 heterocycles. The standard InChI is InChI=1S/C20H20N6O2S/c1-12(2)17-5-4-16(29(22,27)28)8-18(17)15-7-14(9-23-10-15)13-3-6-19-24-20(21)25-26(19)11-13/h3-12H,1-2H3,(H2,21,25)(H2,22,27,28). The molecule has 0 fully saturated rings. The van der Waals surface area contributed by atoms with Crippen LogP contribution < -0.4 is 10.9 Å². The number of hydrogen-bond acceptors (Lipinski definition) is 6. The van der Waals surface area contributed by atoms with Gasteiger partial charge >= 0.3 is 0 Å². The molecular weight excluding hydrogens is 388 g/mol. The number of hydrogen-bond donors (Lipinski definition) is 2. The summed E-state index contributed by atoms with van der Waals surface area (Å²) in [5.74, 6) is 0.396. The summed E-state index contributed by atoms with van der Waals surface area (Å²) >= 11 is 0. The molecule has 0 unspecified atom stereocenters.